The second kappa shape index (κ2) is 10.2. The van der Waals surface area contributed by atoms with Gasteiger partial charge in [0.05, 0.1) is 29.4 Å². The number of H-pyrrole nitrogens is 1. The van der Waals surface area contributed by atoms with Crippen molar-refractivity contribution in [3.63, 3.8) is 0 Å². The van der Waals surface area contributed by atoms with Crippen molar-refractivity contribution in [3.05, 3.63) is 74.4 Å². The lowest BCUT2D eigenvalue weighted by Gasteiger charge is -2.32. The minimum Gasteiger partial charge on any atom is -0.494 e. The van der Waals surface area contributed by atoms with E-state index in [0.29, 0.717) is 70.9 Å². The Morgan fingerprint density at radius 2 is 2.03 bits per heavy atom. The number of carbonyl (C=O) groups excluding carboxylic acids is 1. The number of amides is 1. The first kappa shape index (κ1) is 24.1. The molecule has 1 fully saturated rings. The van der Waals surface area contributed by atoms with Crippen molar-refractivity contribution in [3.8, 4) is 5.75 Å². The van der Waals surface area contributed by atoms with Crippen molar-refractivity contribution >= 4 is 46.1 Å². The standard InChI is InChI=1S/C24H23Cl2N7O3/c1-36-19-3-2-8-27-20(19)23(35)32-9-6-15(7-10-32)33-21-18(13-29-33)30-24(31-22(21)34)28-12-14-4-5-16(25)17(26)11-14/h2-5,8,11,13,15H,6-7,9-10,12H2,1H3,(H2,28,30,31,34). The van der Waals surface area contributed by atoms with Crippen molar-refractivity contribution in [2.75, 3.05) is 25.5 Å². The number of halogens is 2. The summed E-state index contributed by atoms with van der Waals surface area (Å²) in [5.41, 5.74) is 1.81. The van der Waals surface area contributed by atoms with E-state index >= 15 is 0 Å². The van der Waals surface area contributed by atoms with Crippen LogP contribution in [0.3, 0.4) is 0 Å². The highest BCUT2D eigenvalue weighted by Crippen LogP contribution is 2.27. The van der Waals surface area contributed by atoms with Gasteiger partial charge in [0.2, 0.25) is 5.95 Å². The van der Waals surface area contributed by atoms with Crippen LogP contribution in [0.15, 0.2) is 47.5 Å². The molecule has 5 rings (SSSR count). The number of benzene rings is 1. The van der Waals surface area contributed by atoms with E-state index in [0.717, 1.165) is 5.56 Å². The predicted molar refractivity (Wildman–Crippen MR) is 137 cm³/mol. The molecule has 0 saturated carbocycles. The summed E-state index contributed by atoms with van der Waals surface area (Å²) < 4.78 is 6.99. The number of aromatic nitrogens is 5. The number of methoxy groups -OCH3 is 1. The Kier molecular flexibility index (Phi) is 6.80. The van der Waals surface area contributed by atoms with E-state index in [2.05, 4.69) is 25.4 Å². The number of ether oxygens (including phenoxy) is 1. The van der Waals surface area contributed by atoms with Crippen molar-refractivity contribution in [1.29, 1.82) is 0 Å². The van der Waals surface area contributed by atoms with Gasteiger partial charge in [-0.05, 0) is 42.7 Å². The minimum absolute atomic E-state index is 0.0323. The number of fused-ring (bicyclic) bond motifs is 1. The number of carbonyl (C=O) groups is 1. The van der Waals surface area contributed by atoms with Gasteiger partial charge in [0.25, 0.3) is 11.5 Å². The van der Waals surface area contributed by atoms with E-state index in [1.807, 2.05) is 6.07 Å². The minimum atomic E-state index is -0.286. The maximum atomic E-state index is 13.0. The lowest BCUT2D eigenvalue weighted by molar-refractivity contribution is 0.0682. The zero-order valence-corrected chi connectivity index (χ0v) is 20.9. The Morgan fingerprint density at radius 1 is 1.22 bits per heavy atom. The molecule has 3 aromatic heterocycles. The average molecular weight is 528 g/mol. The lowest BCUT2D eigenvalue weighted by Crippen LogP contribution is -2.40. The summed E-state index contributed by atoms with van der Waals surface area (Å²) in [6.45, 7) is 1.44. The summed E-state index contributed by atoms with van der Waals surface area (Å²) in [6, 6.07) is 8.73. The monoisotopic (exact) mass is 527 g/mol. The molecule has 0 atom stereocenters. The Labute approximate surface area is 216 Å². The number of anilines is 1. The molecular formula is C24H23Cl2N7O3. The fraction of sp³-hybridized carbons (Fsp3) is 0.292. The van der Waals surface area contributed by atoms with E-state index in [9.17, 15) is 9.59 Å². The topological polar surface area (TPSA) is 118 Å². The molecule has 0 spiro atoms. The van der Waals surface area contributed by atoms with Crippen LogP contribution in [0.5, 0.6) is 5.75 Å². The number of aromatic amines is 1. The summed E-state index contributed by atoms with van der Waals surface area (Å²) in [6.07, 6.45) is 4.46. The van der Waals surface area contributed by atoms with E-state index in [1.54, 1.807) is 46.2 Å². The van der Waals surface area contributed by atoms with E-state index < -0.39 is 0 Å². The van der Waals surface area contributed by atoms with Crippen LogP contribution in [0, 0.1) is 0 Å². The second-order valence-electron chi connectivity index (χ2n) is 8.42. The maximum Gasteiger partial charge on any atom is 0.278 e. The summed E-state index contributed by atoms with van der Waals surface area (Å²) in [4.78, 5) is 39.1. The molecule has 0 radical (unpaired) electrons. The van der Waals surface area contributed by atoms with Gasteiger partial charge in [0.15, 0.2) is 11.2 Å². The molecule has 1 saturated heterocycles. The van der Waals surface area contributed by atoms with Gasteiger partial charge in [-0.2, -0.15) is 5.10 Å². The summed E-state index contributed by atoms with van der Waals surface area (Å²) in [5, 5.41) is 8.50. The third kappa shape index (κ3) is 4.74. The molecule has 36 heavy (non-hydrogen) atoms. The molecule has 186 valence electrons. The predicted octanol–water partition coefficient (Wildman–Crippen LogP) is 3.92. The van der Waals surface area contributed by atoms with Crippen LogP contribution in [0.2, 0.25) is 10.0 Å². The Bertz CT molecular complexity index is 1480. The molecule has 12 heteroatoms. The van der Waals surface area contributed by atoms with Crippen LogP contribution in [-0.4, -0.2) is 55.7 Å². The molecule has 1 amide bonds. The Morgan fingerprint density at radius 3 is 2.78 bits per heavy atom. The van der Waals surface area contributed by atoms with Gasteiger partial charge < -0.3 is 15.0 Å². The van der Waals surface area contributed by atoms with Crippen LogP contribution in [0.25, 0.3) is 11.0 Å². The Hall–Kier alpha value is -3.63. The molecule has 1 aliphatic heterocycles. The third-order valence-corrected chi connectivity index (χ3v) is 6.93. The molecule has 0 bridgehead atoms. The fourth-order valence-corrected chi connectivity index (χ4v) is 4.67. The van der Waals surface area contributed by atoms with Gasteiger partial charge in [-0.25, -0.2) is 9.97 Å². The molecule has 10 nitrogen and oxygen atoms in total. The van der Waals surface area contributed by atoms with Crippen molar-refractivity contribution in [1.82, 2.24) is 29.6 Å². The van der Waals surface area contributed by atoms with Crippen LogP contribution in [0.1, 0.15) is 34.9 Å². The third-order valence-electron chi connectivity index (χ3n) is 6.19. The van der Waals surface area contributed by atoms with Crippen molar-refractivity contribution in [2.45, 2.75) is 25.4 Å². The van der Waals surface area contributed by atoms with Crippen LogP contribution in [0.4, 0.5) is 5.95 Å². The molecule has 4 aromatic rings. The highest BCUT2D eigenvalue weighted by atomic mass is 35.5. The van der Waals surface area contributed by atoms with Gasteiger partial charge in [0, 0.05) is 25.8 Å². The average Bonchev–Trinajstić information content (AvgIpc) is 3.33. The SMILES string of the molecule is COc1cccnc1C(=O)N1CCC(n2ncc3nc(NCc4ccc(Cl)c(Cl)c4)[nH]c(=O)c32)CC1. The fourth-order valence-electron chi connectivity index (χ4n) is 4.35. The van der Waals surface area contributed by atoms with Crippen molar-refractivity contribution < 1.29 is 9.53 Å². The van der Waals surface area contributed by atoms with E-state index in [-0.39, 0.29) is 17.5 Å². The number of pyridine rings is 1. The number of piperidine rings is 1. The molecule has 1 aromatic carbocycles. The van der Waals surface area contributed by atoms with Gasteiger partial charge in [-0.15, -0.1) is 0 Å². The van der Waals surface area contributed by atoms with Gasteiger partial charge >= 0.3 is 0 Å². The first-order valence-corrected chi connectivity index (χ1v) is 12.1. The Balaban J connectivity index is 1.28. The molecule has 0 unspecified atom stereocenters. The van der Waals surface area contributed by atoms with Gasteiger partial charge in [-0.3, -0.25) is 19.3 Å². The number of rotatable bonds is 6. The van der Waals surface area contributed by atoms with Gasteiger partial charge in [0.1, 0.15) is 11.3 Å². The van der Waals surface area contributed by atoms with E-state index in [1.165, 1.54) is 7.11 Å². The largest absolute Gasteiger partial charge is 0.494 e. The summed E-state index contributed by atoms with van der Waals surface area (Å²) in [5.74, 6) is 0.611. The van der Waals surface area contributed by atoms with Crippen molar-refractivity contribution in [2.24, 2.45) is 0 Å². The van der Waals surface area contributed by atoms with Gasteiger partial charge in [-0.1, -0.05) is 29.3 Å². The van der Waals surface area contributed by atoms with E-state index in [4.69, 9.17) is 27.9 Å². The van der Waals surface area contributed by atoms with Crippen LogP contribution in [-0.2, 0) is 6.54 Å². The van der Waals surface area contributed by atoms with Crippen LogP contribution < -0.4 is 15.6 Å². The molecule has 2 N–H and O–H groups in total. The number of hydrogen-bond donors (Lipinski definition) is 2. The summed E-state index contributed by atoms with van der Waals surface area (Å²) >= 11 is 12.0. The smallest absolute Gasteiger partial charge is 0.278 e. The zero-order valence-electron chi connectivity index (χ0n) is 19.4. The number of likely N-dealkylation sites (tertiary alicyclic amines) is 1. The summed E-state index contributed by atoms with van der Waals surface area (Å²) in [7, 11) is 1.52. The second-order valence-corrected chi connectivity index (χ2v) is 9.23. The first-order chi connectivity index (χ1) is 17.4. The molecular weight excluding hydrogens is 505 g/mol. The highest BCUT2D eigenvalue weighted by molar-refractivity contribution is 6.42. The molecule has 4 heterocycles. The number of nitrogens with one attached hydrogen (secondary N) is 2. The first-order valence-electron chi connectivity index (χ1n) is 11.4. The molecule has 1 aliphatic rings. The molecule has 0 aliphatic carbocycles. The normalized spacial score (nSPS) is 14.2. The number of nitrogens with zero attached hydrogens (tertiary/aromatic N) is 5. The quantitative estimate of drug-likeness (QED) is 0.390. The van der Waals surface area contributed by atoms with Crippen LogP contribution >= 0.6 is 23.2 Å². The lowest BCUT2D eigenvalue weighted by atomic mass is 10.0. The number of hydrogen-bond acceptors (Lipinski definition) is 7. The maximum absolute atomic E-state index is 13.0. The zero-order chi connectivity index (χ0) is 25.2. The highest BCUT2D eigenvalue weighted by Gasteiger charge is 2.28.